The topological polar surface area (TPSA) is 89.7 Å². The number of rotatable bonds is 10. The number of aromatic amines is 1. The van der Waals surface area contributed by atoms with Crippen LogP contribution >= 0.6 is 0 Å². The molecule has 1 aliphatic carbocycles. The molecule has 0 saturated carbocycles. The van der Waals surface area contributed by atoms with Gasteiger partial charge in [-0.25, -0.2) is 0 Å². The molecule has 7 heteroatoms. The summed E-state index contributed by atoms with van der Waals surface area (Å²) >= 11 is 0. The fourth-order valence-corrected chi connectivity index (χ4v) is 5.37. The number of fused-ring (bicyclic) bond motifs is 2. The lowest BCUT2D eigenvalue weighted by molar-refractivity contribution is -0.146. The molecule has 36 heavy (non-hydrogen) atoms. The summed E-state index contributed by atoms with van der Waals surface area (Å²) in [6.45, 7) is 8.32. The van der Waals surface area contributed by atoms with Gasteiger partial charge in [0.15, 0.2) is 6.79 Å². The molecule has 1 atom stereocenters. The van der Waals surface area contributed by atoms with Gasteiger partial charge in [0.1, 0.15) is 11.9 Å². The van der Waals surface area contributed by atoms with Gasteiger partial charge in [-0.15, -0.1) is 0 Å². The molecule has 4 rings (SSSR count). The van der Waals surface area contributed by atoms with Gasteiger partial charge >= 0.3 is 5.97 Å². The lowest BCUT2D eigenvalue weighted by atomic mass is 9.96. The number of ether oxygens (including phenoxy) is 3. The van der Waals surface area contributed by atoms with Crippen LogP contribution in [0.25, 0.3) is 10.9 Å². The standard InChI is InChI=1S/C29H36N2O5/c1-6-19-11-21-13-23(14-22(21)12-20(19)7-2)30-15-26(36-18(4)32)28-17(3)10-25(35-16-34-5)29-24(28)8-9-27(33)31-29/h8-12,23,26,30H,6-7,13-16H2,1-5H3,(H,31,33). The van der Waals surface area contributed by atoms with Gasteiger partial charge in [-0.2, -0.15) is 0 Å². The number of esters is 1. The van der Waals surface area contributed by atoms with Crippen molar-refractivity contribution in [3.05, 3.63) is 74.1 Å². The summed E-state index contributed by atoms with van der Waals surface area (Å²) in [6, 6.07) is 10.1. The second-order valence-corrected chi connectivity index (χ2v) is 9.48. The maximum Gasteiger partial charge on any atom is 0.303 e. The van der Waals surface area contributed by atoms with E-state index >= 15 is 0 Å². The minimum absolute atomic E-state index is 0.0570. The Kier molecular flexibility index (Phi) is 8.11. The van der Waals surface area contributed by atoms with Gasteiger partial charge in [-0.05, 0) is 72.6 Å². The van der Waals surface area contributed by atoms with Crippen LogP contribution in [0.5, 0.6) is 5.75 Å². The molecular formula is C29H36N2O5. The molecule has 0 bridgehead atoms. The van der Waals surface area contributed by atoms with Crippen molar-refractivity contribution in [1.29, 1.82) is 0 Å². The fraction of sp³-hybridized carbons (Fsp3) is 0.448. The number of H-pyrrole nitrogens is 1. The number of hydrogen-bond donors (Lipinski definition) is 2. The summed E-state index contributed by atoms with van der Waals surface area (Å²) in [7, 11) is 1.54. The molecule has 1 aliphatic rings. The predicted molar refractivity (Wildman–Crippen MR) is 141 cm³/mol. The van der Waals surface area contributed by atoms with E-state index in [0.717, 1.165) is 42.2 Å². The average molecular weight is 493 g/mol. The Bertz CT molecular complexity index is 1280. The Morgan fingerprint density at radius 3 is 2.36 bits per heavy atom. The van der Waals surface area contributed by atoms with Crippen LogP contribution in [-0.2, 0) is 40.0 Å². The lowest BCUT2D eigenvalue weighted by Crippen LogP contribution is -2.34. The number of carbonyl (C=O) groups excluding carboxylic acids is 1. The number of carbonyl (C=O) groups is 1. The lowest BCUT2D eigenvalue weighted by Gasteiger charge is -2.24. The van der Waals surface area contributed by atoms with Crippen LogP contribution in [0.15, 0.2) is 35.1 Å². The van der Waals surface area contributed by atoms with Gasteiger partial charge in [0.2, 0.25) is 5.56 Å². The first-order valence-corrected chi connectivity index (χ1v) is 12.7. The van der Waals surface area contributed by atoms with E-state index in [2.05, 4.69) is 36.3 Å². The monoisotopic (exact) mass is 492 g/mol. The molecule has 0 saturated heterocycles. The highest BCUT2D eigenvalue weighted by Crippen LogP contribution is 2.35. The van der Waals surface area contributed by atoms with E-state index in [4.69, 9.17) is 14.2 Å². The molecule has 2 aromatic carbocycles. The Labute approximate surface area is 212 Å². The molecule has 3 aromatic rings. The molecule has 1 unspecified atom stereocenters. The minimum Gasteiger partial charge on any atom is -0.465 e. The minimum atomic E-state index is -0.520. The van der Waals surface area contributed by atoms with Crippen LogP contribution in [0.4, 0.5) is 0 Å². The third-order valence-electron chi connectivity index (χ3n) is 7.00. The van der Waals surface area contributed by atoms with Crippen molar-refractivity contribution in [2.75, 3.05) is 20.4 Å². The van der Waals surface area contributed by atoms with Crippen LogP contribution in [0.1, 0.15) is 60.3 Å². The normalized spacial score (nSPS) is 14.1. The number of hydrogen-bond acceptors (Lipinski definition) is 6. The summed E-state index contributed by atoms with van der Waals surface area (Å²) in [5.41, 5.74) is 7.76. The van der Waals surface area contributed by atoms with Crippen molar-refractivity contribution >= 4 is 16.9 Å². The summed E-state index contributed by atoms with van der Waals surface area (Å²) < 4.78 is 16.6. The highest BCUT2D eigenvalue weighted by molar-refractivity contribution is 5.89. The summed E-state index contributed by atoms with van der Waals surface area (Å²) in [4.78, 5) is 27.1. The van der Waals surface area contributed by atoms with Crippen molar-refractivity contribution in [2.24, 2.45) is 0 Å². The summed E-state index contributed by atoms with van der Waals surface area (Å²) in [5.74, 6) is 0.165. The zero-order valence-electron chi connectivity index (χ0n) is 21.8. The zero-order chi connectivity index (χ0) is 25.8. The number of pyridine rings is 1. The van der Waals surface area contributed by atoms with Gasteiger partial charge in [-0.1, -0.05) is 26.0 Å². The van der Waals surface area contributed by atoms with Crippen LogP contribution in [0.3, 0.4) is 0 Å². The van der Waals surface area contributed by atoms with Gasteiger partial charge in [0.05, 0.1) is 5.52 Å². The second kappa shape index (κ2) is 11.3. The number of methoxy groups -OCH3 is 1. The van der Waals surface area contributed by atoms with Gasteiger partial charge in [0.25, 0.3) is 0 Å². The Morgan fingerprint density at radius 1 is 1.11 bits per heavy atom. The number of aromatic nitrogens is 1. The Hall–Kier alpha value is -3.16. The SMILES string of the molecule is CCc1cc2c(cc1CC)CC(NCC(OC(C)=O)c1c(C)cc(OCOC)c3[nH]c(=O)ccc13)C2. The molecule has 192 valence electrons. The van der Waals surface area contributed by atoms with Crippen molar-refractivity contribution in [3.63, 3.8) is 0 Å². The van der Waals surface area contributed by atoms with Gasteiger partial charge < -0.3 is 24.5 Å². The molecular weight excluding hydrogens is 456 g/mol. The first-order valence-electron chi connectivity index (χ1n) is 12.7. The first kappa shape index (κ1) is 25.9. The van der Waals surface area contributed by atoms with Crippen LogP contribution < -0.4 is 15.6 Å². The van der Waals surface area contributed by atoms with Crippen LogP contribution in [0, 0.1) is 6.92 Å². The molecule has 0 amide bonds. The Balaban J connectivity index is 1.62. The molecule has 0 fully saturated rings. The molecule has 1 heterocycles. The van der Waals surface area contributed by atoms with Crippen molar-refractivity contribution in [3.8, 4) is 5.75 Å². The van der Waals surface area contributed by atoms with E-state index in [9.17, 15) is 9.59 Å². The molecule has 1 aromatic heterocycles. The maximum absolute atomic E-state index is 12.1. The molecule has 0 aliphatic heterocycles. The first-order chi connectivity index (χ1) is 17.3. The molecule has 0 radical (unpaired) electrons. The molecule has 2 N–H and O–H groups in total. The number of benzene rings is 2. The van der Waals surface area contributed by atoms with E-state index in [1.165, 1.54) is 35.2 Å². The van der Waals surface area contributed by atoms with E-state index < -0.39 is 6.10 Å². The van der Waals surface area contributed by atoms with Gasteiger partial charge in [0, 0.05) is 43.6 Å². The molecule has 7 nitrogen and oxygen atoms in total. The van der Waals surface area contributed by atoms with E-state index in [1.807, 2.05) is 13.0 Å². The summed E-state index contributed by atoms with van der Waals surface area (Å²) in [5, 5.41) is 4.44. The maximum atomic E-state index is 12.1. The van der Waals surface area contributed by atoms with E-state index in [0.29, 0.717) is 17.8 Å². The van der Waals surface area contributed by atoms with Crippen LogP contribution in [0.2, 0.25) is 0 Å². The smallest absolute Gasteiger partial charge is 0.303 e. The van der Waals surface area contributed by atoms with Crippen LogP contribution in [-0.4, -0.2) is 37.4 Å². The van der Waals surface area contributed by atoms with E-state index in [1.54, 1.807) is 13.2 Å². The highest BCUT2D eigenvalue weighted by atomic mass is 16.7. The fourth-order valence-electron chi connectivity index (χ4n) is 5.37. The highest BCUT2D eigenvalue weighted by Gasteiger charge is 2.27. The third kappa shape index (κ3) is 5.47. The third-order valence-corrected chi connectivity index (χ3v) is 7.00. The number of nitrogens with one attached hydrogen (secondary N) is 2. The zero-order valence-corrected chi connectivity index (χ0v) is 21.8. The Morgan fingerprint density at radius 2 is 1.78 bits per heavy atom. The van der Waals surface area contributed by atoms with Crippen molar-refractivity contribution in [1.82, 2.24) is 10.3 Å². The number of aryl methyl sites for hydroxylation is 3. The predicted octanol–water partition coefficient (Wildman–Crippen LogP) is 4.31. The summed E-state index contributed by atoms with van der Waals surface area (Å²) in [6.07, 6.45) is 3.48. The van der Waals surface area contributed by atoms with Crippen molar-refractivity contribution < 1.29 is 19.0 Å². The quantitative estimate of drug-likeness (QED) is 0.324. The largest absolute Gasteiger partial charge is 0.465 e. The molecule has 0 spiro atoms. The average Bonchev–Trinajstić information content (AvgIpc) is 3.26. The van der Waals surface area contributed by atoms with Gasteiger partial charge in [-0.3, -0.25) is 9.59 Å². The van der Waals surface area contributed by atoms with E-state index in [-0.39, 0.29) is 24.4 Å². The second-order valence-electron chi connectivity index (χ2n) is 9.48. The van der Waals surface area contributed by atoms with Crippen molar-refractivity contribution in [2.45, 2.75) is 65.5 Å².